The molecule has 220 valence electrons. The predicted octanol–water partition coefficient (Wildman–Crippen LogP) is 4.30. The molecule has 1 saturated heterocycles. The first-order chi connectivity index (χ1) is 19.5. The minimum Gasteiger partial charge on any atom is -0.444 e. The van der Waals surface area contributed by atoms with E-state index in [2.05, 4.69) is 0 Å². The lowest BCUT2D eigenvalue weighted by atomic mass is 9.88. The zero-order valence-corrected chi connectivity index (χ0v) is 24.2. The molecule has 2 amide bonds. The number of Topliss-reactive ketones (excluding diaryl/α,β-unsaturated/α-hetero) is 1. The number of ketones is 1. The Morgan fingerprint density at radius 3 is 2.44 bits per heavy atom. The van der Waals surface area contributed by atoms with Gasteiger partial charge in [-0.1, -0.05) is 30.3 Å². The third-order valence-corrected chi connectivity index (χ3v) is 7.31. The summed E-state index contributed by atoms with van der Waals surface area (Å²) < 4.78 is 17.5. The monoisotopic (exact) mass is 565 g/mol. The molecular weight excluding hydrogens is 526 g/mol. The number of oxazole rings is 1. The first-order valence-electron chi connectivity index (χ1n) is 14.0. The molecule has 0 bridgehead atoms. The molecule has 10 nitrogen and oxygen atoms in total. The highest BCUT2D eigenvalue weighted by molar-refractivity contribution is 5.91. The van der Waals surface area contributed by atoms with Gasteiger partial charge in [-0.2, -0.15) is 0 Å². The van der Waals surface area contributed by atoms with Crippen molar-refractivity contribution in [1.29, 1.82) is 0 Å². The zero-order chi connectivity index (χ0) is 29.7. The quantitative estimate of drug-likeness (QED) is 0.387. The van der Waals surface area contributed by atoms with E-state index in [1.54, 1.807) is 38.5 Å². The van der Waals surface area contributed by atoms with Crippen LogP contribution in [0, 0.1) is 5.92 Å². The number of methoxy groups -OCH3 is 1. The number of primary amides is 1. The number of nitrogens with two attached hydrogens (primary N) is 1. The fourth-order valence-corrected chi connectivity index (χ4v) is 5.21. The number of ether oxygens (including phenoxy) is 2. The molecule has 41 heavy (non-hydrogen) atoms. The summed E-state index contributed by atoms with van der Waals surface area (Å²) in [5.41, 5.74) is 8.92. The van der Waals surface area contributed by atoms with Crippen LogP contribution in [0.25, 0.3) is 22.2 Å². The molecule has 0 aliphatic carbocycles. The number of rotatable bonds is 10. The van der Waals surface area contributed by atoms with E-state index in [-0.39, 0.29) is 12.2 Å². The average Bonchev–Trinajstić information content (AvgIpc) is 3.24. The average molecular weight is 566 g/mol. The molecule has 10 heteroatoms. The Labute approximate surface area is 239 Å². The maximum absolute atomic E-state index is 13.3. The first kappa shape index (κ1) is 30.0. The summed E-state index contributed by atoms with van der Waals surface area (Å²) in [6, 6.07) is 12.6. The van der Waals surface area contributed by atoms with Crippen LogP contribution in [-0.2, 0) is 32.0 Å². The van der Waals surface area contributed by atoms with Gasteiger partial charge in [0.05, 0.1) is 24.7 Å². The Kier molecular flexibility index (Phi) is 9.32. The largest absolute Gasteiger partial charge is 0.444 e. The van der Waals surface area contributed by atoms with Gasteiger partial charge in [0.25, 0.3) is 0 Å². The molecule has 2 aromatic carbocycles. The second-order valence-corrected chi connectivity index (χ2v) is 11.6. The minimum absolute atomic E-state index is 0.0444. The third kappa shape index (κ3) is 7.43. The fraction of sp³-hybridized carbons (Fsp3) is 0.484. The van der Waals surface area contributed by atoms with E-state index >= 15 is 0 Å². The number of carbonyl (C=O) groups is 3. The maximum Gasteiger partial charge on any atom is 0.420 e. The van der Waals surface area contributed by atoms with Crippen LogP contribution in [-0.4, -0.2) is 59.2 Å². The first-order valence-corrected chi connectivity index (χ1v) is 14.0. The van der Waals surface area contributed by atoms with Gasteiger partial charge in [0, 0.05) is 26.0 Å². The van der Waals surface area contributed by atoms with Crippen LogP contribution in [0.1, 0.15) is 52.0 Å². The number of nitrogens with zero attached hydrogens (tertiary/aromatic N) is 2. The standard InChI is InChI=1S/C31H39N3O7/c1-31(2,3)41-30(38)33-14-6-5-7-24(33)26(35)19-23(28(32)36)17-20-8-10-21(11-9-20)22-12-13-27-25(18-22)34(15-16-39-4)29(37)40-27/h8-13,18,23-24H,5-7,14-17,19H2,1-4H3,(H2,32,36)/t23-,24+/m1/s1. The van der Waals surface area contributed by atoms with E-state index in [1.807, 2.05) is 36.4 Å². The number of carbonyl (C=O) groups excluding carboxylic acids is 3. The van der Waals surface area contributed by atoms with Crippen LogP contribution in [0.4, 0.5) is 4.79 Å². The molecule has 1 aromatic heterocycles. The van der Waals surface area contributed by atoms with Gasteiger partial charge in [-0.05, 0) is 75.3 Å². The summed E-state index contributed by atoms with van der Waals surface area (Å²) in [5, 5.41) is 0. The smallest absolute Gasteiger partial charge is 0.420 e. The molecule has 4 rings (SSSR count). The van der Waals surface area contributed by atoms with Crippen molar-refractivity contribution < 1.29 is 28.3 Å². The molecule has 3 aromatic rings. The van der Waals surface area contributed by atoms with Crippen molar-refractivity contribution in [3.05, 3.63) is 58.6 Å². The van der Waals surface area contributed by atoms with E-state index in [1.165, 1.54) is 4.90 Å². The van der Waals surface area contributed by atoms with Gasteiger partial charge in [-0.3, -0.25) is 19.1 Å². The summed E-state index contributed by atoms with van der Waals surface area (Å²) in [4.78, 5) is 52.2. The van der Waals surface area contributed by atoms with Gasteiger partial charge in [-0.25, -0.2) is 9.59 Å². The number of amides is 2. The summed E-state index contributed by atoms with van der Waals surface area (Å²) in [5.74, 6) is -1.86. The second kappa shape index (κ2) is 12.7. The van der Waals surface area contributed by atoms with Crippen molar-refractivity contribution in [2.24, 2.45) is 11.7 Å². The predicted molar refractivity (Wildman–Crippen MR) is 154 cm³/mol. The van der Waals surface area contributed by atoms with Crippen molar-refractivity contribution in [3.8, 4) is 11.1 Å². The van der Waals surface area contributed by atoms with Crippen LogP contribution in [0.2, 0.25) is 0 Å². The van der Waals surface area contributed by atoms with Crippen LogP contribution in [0.3, 0.4) is 0 Å². The van der Waals surface area contributed by atoms with Gasteiger partial charge >= 0.3 is 11.8 Å². The van der Waals surface area contributed by atoms with Crippen molar-refractivity contribution in [1.82, 2.24) is 9.47 Å². The van der Waals surface area contributed by atoms with Crippen LogP contribution in [0.15, 0.2) is 51.7 Å². The van der Waals surface area contributed by atoms with Crippen molar-refractivity contribution in [2.45, 2.75) is 71.1 Å². The highest BCUT2D eigenvalue weighted by Crippen LogP contribution is 2.27. The molecule has 1 aliphatic rings. The Bertz CT molecular complexity index is 1450. The third-order valence-electron chi connectivity index (χ3n) is 7.31. The van der Waals surface area contributed by atoms with E-state index < -0.39 is 35.3 Å². The maximum atomic E-state index is 13.3. The van der Waals surface area contributed by atoms with Gasteiger partial charge in [0.2, 0.25) is 5.91 Å². The summed E-state index contributed by atoms with van der Waals surface area (Å²) in [6.07, 6.45) is 1.91. The number of benzene rings is 2. The Hall–Kier alpha value is -3.92. The number of likely N-dealkylation sites (tertiary alicyclic amines) is 1. The Balaban J connectivity index is 1.46. The number of hydrogen-bond acceptors (Lipinski definition) is 7. The molecule has 1 fully saturated rings. The number of hydrogen-bond donors (Lipinski definition) is 1. The lowest BCUT2D eigenvalue weighted by Crippen LogP contribution is -2.50. The molecule has 2 atom stereocenters. The highest BCUT2D eigenvalue weighted by Gasteiger charge is 2.36. The summed E-state index contributed by atoms with van der Waals surface area (Å²) in [6.45, 7) is 6.58. The van der Waals surface area contributed by atoms with E-state index in [4.69, 9.17) is 19.6 Å². The summed E-state index contributed by atoms with van der Waals surface area (Å²) >= 11 is 0. The second-order valence-electron chi connectivity index (χ2n) is 11.6. The molecule has 0 saturated carbocycles. The van der Waals surface area contributed by atoms with Crippen LogP contribution < -0.4 is 11.5 Å². The number of piperidine rings is 1. The summed E-state index contributed by atoms with van der Waals surface area (Å²) in [7, 11) is 1.58. The number of aromatic nitrogens is 1. The lowest BCUT2D eigenvalue weighted by Gasteiger charge is -2.36. The van der Waals surface area contributed by atoms with Gasteiger partial charge in [0.1, 0.15) is 5.60 Å². The molecule has 0 spiro atoms. The van der Waals surface area contributed by atoms with Crippen molar-refractivity contribution in [2.75, 3.05) is 20.3 Å². The minimum atomic E-state index is -0.701. The van der Waals surface area contributed by atoms with Gasteiger partial charge < -0.3 is 19.6 Å². The molecule has 0 radical (unpaired) electrons. The van der Waals surface area contributed by atoms with Crippen LogP contribution in [0.5, 0.6) is 0 Å². The lowest BCUT2D eigenvalue weighted by molar-refractivity contribution is -0.130. The highest BCUT2D eigenvalue weighted by atomic mass is 16.6. The van der Waals surface area contributed by atoms with Crippen molar-refractivity contribution in [3.63, 3.8) is 0 Å². The fourth-order valence-electron chi connectivity index (χ4n) is 5.21. The molecular formula is C31H39N3O7. The van der Waals surface area contributed by atoms with Crippen molar-refractivity contribution >= 4 is 28.9 Å². The molecule has 2 heterocycles. The normalized spacial score (nSPS) is 16.5. The topological polar surface area (TPSA) is 134 Å². The SMILES string of the molecule is COCCn1c(=O)oc2ccc(-c3ccc(C[C@H](CC(=O)[C@@H]4CCCCN4C(=O)OC(C)(C)C)C(N)=O)cc3)cc21. The van der Waals surface area contributed by atoms with Gasteiger partial charge in [0.15, 0.2) is 11.4 Å². The molecule has 0 unspecified atom stereocenters. The molecule has 1 aliphatic heterocycles. The van der Waals surface area contributed by atoms with Gasteiger partial charge in [-0.15, -0.1) is 0 Å². The Morgan fingerprint density at radius 1 is 1.07 bits per heavy atom. The van der Waals surface area contributed by atoms with E-state index in [0.717, 1.165) is 29.5 Å². The molecule has 2 N–H and O–H groups in total. The van der Waals surface area contributed by atoms with E-state index in [9.17, 15) is 19.2 Å². The number of fused-ring (bicyclic) bond motifs is 1. The zero-order valence-electron chi connectivity index (χ0n) is 24.2. The van der Waals surface area contributed by atoms with E-state index in [0.29, 0.717) is 43.6 Å². The Morgan fingerprint density at radius 2 is 1.78 bits per heavy atom. The van der Waals surface area contributed by atoms with Crippen LogP contribution >= 0.6 is 0 Å².